The van der Waals surface area contributed by atoms with Gasteiger partial charge in [0.05, 0.1) is 25.2 Å². The molecule has 0 radical (unpaired) electrons. The van der Waals surface area contributed by atoms with Crippen LogP contribution < -0.4 is 10.1 Å². The molecule has 6 nitrogen and oxygen atoms in total. The fraction of sp³-hybridized carbons (Fsp3) is 0.0833. The Hall–Kier alpha value is -2.15. The number of nitrogens with zero attached hydrogens (tertiary/aromatic N) is 2. The molecule has 0 bridgehead atoms. The molecule has 2 rings (SSSR count). The van der Waals surface area contributed by atoms with Gasteiger partial charge in [-0.15, -0.1) is 0 Å². The van der Waals surface area contributed by atoms with Crippen LogP contribution in [0.15, 0.2) is 35.1 Å². The summed E-state index contributed by atoms with van der Waals surface area (Å²) in [5.74, 6) is 0.0291. The molecule has 98 valence electrons. The quantitative estimate of drug-likeness (QED) is 0.899. The standard InChI is InChI=1S/C12H10BrN3O3/c1-19-7-2-3-8(13)9(4-7)16-11-6-14-10(5-15-11)12(17)18/h2-6H,1H3,(H,15,16)(H,17,18). The molecule has 19 heavy (non-hydrogen) atoms. The zero-order valence-corrected chi connectivity index (χ0v) is 11.5. The third kappa shape index (κ3) is 3.19. The first-order chi connectivity index (χ1) is 9.10. The van der Waals surface area contributed by atoms with E-state index in [0.29, 0.717) is 11.6 Å². The van der Waals surface area contributed by atoms with E-state index < -0.39 is 5.97 Å². The van der Waals surface area contributed by atoms with Crippen molar-refractivity contribution in [1.29, 1.82) is 0 Å². The summed E-state index contributed by atoms with van der Waals surface area (Å²) < 4.78 is 5.95. The first kappa shape index (κ1) is 13.3. The molecule has 0 atom stereocenters. The van der Waals surface area contributed by atoms with Crippen LogP contribution in [0.3, 0.4) is 0 Å². The third-order valence-corrected chi connectivity index (χ3v) is 3.00. The first-order valence-electron chi connectivity index (χ1n) is 5.26. The van der Waals surface area contributed by atoms with Crippen molar-refractivity contribution in [3.05, 3.63) is 40.8 Å². The third-order valence-electron chi connectivity index (χ3n) is 2.31. The summed E-state index contributed by atoms with van der Waals surface area (Å²) in [7, 11) is 1.58. The lowest BCUT2D eigenvalue weighted by molar-refractivity contribution is 0.0690. The molecule has 7 heteroatoms. The predicted octanol–water partition coefficient (Wildman–Crippen LogP) is 2.69. The van der Waals surface area contributed by atoms with Crippen LogP contribution >= 0.6 is 15.9 Å². The Morgan fingerprint density at radius 3 is 2.74 bits per heavy atom. The number of hydrogen-bond acceptors (Lipinski definition) is 5. The van der Waals surface area contributed by atoms with Crippen molar-refractivity contribution in [3.63, 3.8) is 0 Å². The maximum absolute atomic E-state index is 10.7. The van der Waals surface area contributed by atoms with E-state index in [1.165, 1.54) is 12.4 Å². The van der Waals surface area contributed by atoms with Gasteiger partial charge in [0.15, 0.2) is 5.69 Å². The molecular weight excluding hydrogens is 314 g/mol. The number of aromatic nitrogens is 2. The number of rotatable bonds is 4. The molecule has 0 saturated carbocycles. The number of benzene rings is 1. The Bertz CT molecular complexity index is 602. The summed E-state index contributed by atoms with van der Waals surface area (Å²) in [5, 5.41) is 11.8. The van der Waals surface area contributed by atoms with E-state index in [1.807, 2.05) is 12.1 Å². The zero-order valence-electron chi connectivity index (χ0n) is 9.92. The molecule has 1 aromatic carbocycles. The van der Waals surface area contributed by atoms with Gasteiger partial charge in [0.1, 0.15) is 11.6 Å². The highest BCUT2D eigenvalue weighted by atomic mass is 79.9. The van der Waals surface area contributed by atoms with Gasteiger partial charge >= 0.3 is 5.97 Å². The van der Waals surface area contributed by atoms with Crippen LogP contribution in [0.2, 0.25) is 0 Å². The largest absolute Gasteiger partial charge is 0.497 e. The predicted molar refractivity (Wildman–Crippen MR) is 73.0 cm³/mol. The average molecular weight is 324 g/mol. The first-order valence-corrected chi connectivity index (χ1v) is 6.05. The van der Waals surface area contributed by atoms with Gasteiger partial charge in [-0.25, -0.2) is 14.8 Å². The summed E-state index contributed by atoms with van der Waals surface area (Å²) in [6.45, 7) is 0. The molecule has 0 aliphatic rings. The van der Waals surface area contributed by atoms with Crippen molar-refractivity contribution in [3.8, 4) is 5.75 Å². The average Bonchev–Trinajstić information content (AvgIpc) is 2.42. The molecule has 1 heterocycles. The number of anilines is 2. The van der Waals surface area contributed by atoms with E-state index in [-0.39, 0.29) is 5.69 Å². The fourth-order valence-electron chi connectivity index (χ4n) is 1.37. The lowest BCUT2D eigenvalue weighted by Crippen LogP contribution is -2.03. The number of ether oxygens (including phenoxy) is 1. The Kier molecular flexibility index (Phi) is 3.96. The van der Waals surface area contributed by atoms with E-state index >= 15 is 0 Å². The second-order valence-electron chi connectivity index (χ2n) is 3.56. The van der Waals surface area contributed by atoms with Gasteiger partial charge in [0.2, 0.25) is 0 Å². The Labute approximate surface area is 117 Å². The smallest absolute Gasteiger partial charge is 0.356 e. The second-order valence-corrected chi connectivity index (χ2v) is 4.42. The van der Waals surface area contributed by atoms with Gasteiger partial charge in [0, 0.05) is 10.5 Å². The van der Waals surface area contributed by atoms with E-state index in [1.54, 1.807) is 13.2 Å². The van der Waals surface area contributed by atoms with E-state index in [4.69, 9.17) is 9.84 Å². The minimum Gasteiger partial charge on any atom is -0.497 e. The maximum Gasteiger partial charge on any atom is 0.356 e. The topological polar surface area (TPSA) is 84.3 Å². The number of carboxylic acids is 1. The highest BCUT2D eigenvalue weighted by Gasteiger charge is 2.07. The molecule has 0 unspecified atom stereocenters. The normalized spacial score (nSPS) is 10.0. The number of halogens is 1. The molecule has 0 amide bonds. The second kappa shape index (κ2) is 5.66. The van der Waals surface area contributed by atoms with Crippen LogP contribution in [0.4, 0.5) is 11.5 Å². The Morgan fingerprint density at radius 2 is 2.16 bits per heavy atom. The molecule has 0 saturated heterocycles. The Balaban J connectivity index is 2.23. The SMILES string of the molecule is COc1ccc(Br)c(Nc2cnc(C(=O)O)cn2)c1. The van der Waals surface area contributed by atoms with Crippen molar-refractivity contribution in [2.24, 2.45) is 0 Å². The highest BCUT2D eigenvalue weighted by molar-refractivity contribution is 9.10. The number of carboxylic acid groups (broad SMARTS) is 1. The molecular formula is C12H10BrN3O3. The van der Waals surface area contributed by atoms with E-state index in [9.17, 15) is 4.79 Å². The lowest BCUT2D eigenvalue weighted by atomic mass is 10.3. The van der Waals surface area contributed by atoms with Crippen LogP contribution in [-0.2, 0) is 0 Å². The summed E-state index contributed by atoms with van der Waals surface area (Å²) in [6.07, 6.45) is 2.55. The van der Waals surface area contributed by atoms with Crippen LogP contribution in [0.5, 0.6) is 5.75 Å². The zero-order chi connectivity index (χ0) is 13.8. The van der Waals surface area contributed by atoms with Gasteiger partial charge in [0.25, 0.3) is 0 Å². The van der Waals surface area contributed by atoms with Crippen molar-refractivity contribution in [1.82, 2.24) is 9.97 Å². The number of hydrogen-bond donors (Lipinski definition) is 2. The summed E-state index contributed by atoms with van der Waals surface area (Å²) >= 11 is 3.39. The minimum atomic E-state index is -1.11. The molecule has 0 aliphatic carbocycles. The van der Waals surface area contributed by atoms with Gasteiger partial charge < -0.3 is 15.2 Å². The number of nitrogens with one attached hydrogen (secondary N) is 1. The maximum atomic E-state index is 10.7. The number of methoxy groups -OCH3 is 1. The summed E-state index contributed by atoms with van der Waals surface area (Å²) in [4.78, 5) is 18.4. The van der Waals surface area contributed by atoms with Crippen molar-refractivity contribution < 1.29 is 14.6 Å². The summed E-state index contributed by atoms with van der Waals surface area (Å²) in [6, 6.07) is 5.44. The molecule has 1 aromatic heterocycles. The van der Waals surface area contributed by atoms with Gasteiger partial charge in [-0.1, -0.05) is 0 Å². The van der Waals surface area contributed by atoms with Crippen molar-refractivity contribution in [2.45, 2.75) is 0 Å². The molecule has 0 spiro atoms. The number of carbonyl (C=O) groups is 1. The monoisotopic (exact) mass is 323 g/mol. The highest BCUT2D eigenvalue weighted by Crippen LogP contribution is 2.28. The van der Waals surface area contributed by atoms with Gasteiger partial charge in [-0.05, 0) is 28.1 Å². The summed E-state index contributed by atoms with van der Waals surface area (Å²) in [5.41, 5.74) is 0.645. The number of aromatic carboxylic acids is 1. The molecule has 0 fully saturated rings. The molecule has 0 aliphatic heterocycles. The molecule has 2 aromatic rings. The van der Waals surface area contributed by atoms with Crippen molar-refractivity contribution in [2.75, 3.05) is 12.4 Å². The van der Waals surface area contributed by atoms with E-state index in [0.717, 1.165) is 10.2 Å². The molecule has 2 N–H and O–H groups in total. The fourth-order valence-corrected chi connectivity index (χ4v) is 1.71. The van der Waals surface area contributed by atoms with Gasteiger partial charge in [-0.2, -0.15) is 0 Å². The van der Waals surface area contributed by atoms with Crippen LogP contribution in [0, 0.1) is 0 Å². The van der Waals surface area contributed by atoms with Gasteiger partial charge in [-0.3, -0.25) is 0 Å². The minimum absolute atomic E-state index is 0.102. The van der Waals surface area contributed by atoms with E-state index in [2.05, 4.69) is 31.2 Å². The lowest BCUT2D eigenvalue weighted by Gasteiger charge is -2.09. The Morgan fingerprint density at radius 1 is 1.37 bits per heavy atom. The van der Waals surface area contributed by atoms with Crippen LogP contribution in [-0.4, -0.2) is 28.2 Å². The van der Waals surface area contributed by atoms with Crippen molar-refractivity contribution >= 4 is 33.4 Å². The van der Waals surface area contributed by atoms with Crippen LogP contribution in [0.25, 0.3) is 0 Å². The van der Waals surface area contributed by atoms with Crippen LogP contribution in [0.1, 0.15) is 10.5 Å².